The first-order valence-corrected chi connectivity index (χ1v) is 11.4. The summed E-state index contributed by atoms with van der Waals surface area (Å²) in [6, 6.07) is 8.82. The summed E-state index contributed by atoms with van der Waals surface area (Å²) < 4.78 is 5.41. The number of guanidine groups is 1. The molecular formula is C24H41N5O2. The number of hydrogen-bond donors (Lipinski definition) is 2. The van der Waals surface area contributed by atoms with Crippen molar-refractivity contribution < 1.29 is 9.53 Å². The number of benzene rings is 1. The smallest absolute Gasteiger partial charge is 0.243 e. The summed E-state index contributed by atoms with van der Waals surface area (Å²) in [5.74, 6) is 0.680. The third-order valence-electron chi connectivity index (χ3n) is 5.76. The highest BCUT2D eigenvalue weighted by Gasteiger charge is 2.21. The van der Waals surface area contributed by atoms with Crippen LogP contribution in [0.3, 0.4) is 0 Å². The molecule has 0 aliphatic carbocycles. The molecule has 0 unspecified atom stereocenters. The van der Waals surface area contributed by atoms with Crippen molar-refractivity contribution in [3.05, 3.63) is 35.4 Å². The summed E-state index contributed by atoms with van der Waals surface area (Å²) in [6.45, 7) is 13.0. The number of nitrogens with zero attached hydrogens (tertiary/aromatic N) is 3. The molecule has 174 valence electrons. The van der Waals surface area contributed by atoms with E-state index in [1.54, 1.807) is 19.0 Å². The van der Waals surface area contributed by atoms with Crippen LogP contribution >= 0.6 is 0 Å². The van der Waals surface area contributed by atoms with Gasteiger partial charge in [-0.1, -0.05) is 45.0 Å². The predicted molar refractivity (Wildman–Crippen MR) is 128 cm³/mol. The van der Waals surface area contributed by atoms with E-state index in [1.165, 1.54) is 11.1 Å². The van der Waals surface area contributed by atoms with Crippen LogP contribution in [0.4, 0.5) is 0 Å². The number of ether oxygens (including phenoxy) is 1. The van der Waals surface area contributed by atoms with Gasteiger partial charge in [-0.2, -0.15) is 0 Å². The highest BCUT2D eigenvalue weighted by Crippen LogP contribution is 2.22. The normalized spacial score (nSPS) is 15.6. The van der Waals surface area contributed by atoms with Crippen molar-refractivity contribution in [2.24, 2.45) is 4.99 Å². The van der Waals surface area contributed by atoms with E-state index < -0.39 is 0 Å². The first-order valence-electron chi connectivity index (χ1n) is 11.4. The quantitative estimate of drug-likeness (QED) is 0.336. The Hall–Kier alpha value is -2.12. The molecule has 0 atom stereocenters. The number of carbonyl (C=O) groups is 1. The van der Waals surface area contributed by atoms with Gasteiger partial charge in [0, 0.05) is 45.7 Å². The van der Waals surface area contributed by atoms with Gasteiger partial charge in [0.15, 0.2) is 5.96 Å². The summed E-state index contributed by atoms with van der Waals surface area (Å²) in [6.07, 6.45) is 2.06. The van der Waals surface area contributed by atoms with Gasteiger partial charge in [0.05, 0.1) is 13.2 Å². The highest BCUT2D eigenvalue weighted by atomic mass is 16.5. The minimum Gasteiger partial charge on any atom is -0.379 e. The van der Waals surface area contributed by atoms with E-state index in [1.807, 2.05) is 0 Å². The number of likely N-dealkylation sites (N-methyl/N-ethyl adjacent to an activating group) is 1. The molecule has 7 heteroatoms. The first-order chi connectivity index (χ1) is 14.8. The second-order valence-corrected chi connectivity index (χ2v) is 8.98. The van der Waals surface area contributed by atoms with E-state index in [0.29, 0.717) is 5.96 Å². The molecule has 1 saturated heterocycles. The number of amides is 1. The monoisotopic (exact) mass is 431 g/mol. The van der Waals surface area contributed by atoms with Crippen molar-refractivity contribution >= 4 is 11.9 Å². The lowest BCUT2D eigenvalue weighted by Crippen LogP contribution is -2.45. The third-order valence-corrected chi connectivity index (χ3v) is 5.76. The lowest BCUT2D eigenvalue weighted by molar-refractivity contribution is -0.127. The van der Waals surface area contributed by atoms with Gasteiger partial charge in [-0.25, -0.2) is 4.99 Å². The molecule has 1 aromatic rings. The molecule has 1 aliphatic heterocycles. The van der Waals surface area contributed by atoms with E-state index in [4.69, 9.17) is 4.74 Å². The molecule has 0 aromatic heterocycles. The zero-order valence-electron chi connectivity index (χ0n) is 20.0. The minimum absolute atomic E-state index is 0.0103. The molecule has 1 aliphatic rings. The number of hydrogen-bond acceptors (Lipinski definition) is 4. The summed E-state index contributed by atoms with van der Waals surface area (Å²) in [5, 5.41) is 6.86. The Morgan fingerprint density at radius 1 is 1.16 bits per heavy atom. The van der Waals surface area contributed by atoms with Crippen molar-refractivity contribution in [2.45, 2.75) is 39.0 Å². The molecule has 0 radical (unpaired) electrons. The summed E-state index contributed by atoms with van der Waals surface area (Å²) in [7, 11) is 3.51. The summed E-state index contributed by atoms with van der Waals surface area (Å²) in [4.78, 5) is 20.5. The minimum atomic E-state index is -0.0614. The predicted octanol–water partition coefficient (Wildman–Crippen LogP) is 1.87. The van der Waals surface area contributed by atoms with Gasteiger partial charge < -0.3 is 20.3 Å². The van der Waals surface area contributed by atoms with Gasteiger partial charge in [-0.05, 0) is 30.5 Å². The number of morpholine rings is 1. The average Bonchev–Trinajstić information content (AvgIpc) is 2.78. The molecule has 0 spiro atoms. The van der Waals surface area contributed by atoms with Gasteiger partial charge in [0.2, 0.25) is 5.91 Å². The van der Waals surface area contributed by atoms with Crippen LogP contribution in [0.25, 0.3) is 0 Å². The van der Waals surface area contributed by atoms with Crippen molar-refractivity contribution in [1.82, 2.24) is 20.4 Å². The summed E-state index contributed by atoms with van der Waals surface area (Å²) in [5.41, 5.74) is 2.57. The molecule has 1 amide bonds. The van der Waals surface area contributed by atoms with Crippen LogP contribution < -0.4 is 10.6 Å². The zero-order valence-corrected chi connectivity index (χ0v) is 20.0. The van der Waals surface area contributed by atoms with Crippen LogP contribution in [0.5, 0.6) is 0 Å². The second-order valence-electron chi connectivity index (χ2n) is 8.98. The van der Waals surface area contributed by atoms with Crippen molar-refractivity contribution in [1.29, 1.82) is 0 Å². The van der Waals surface area contributed by atoms with Crippen LogP contribution in [-0.4, -0.2) is 88.2 Å². The van der Waals surface area contributed by atoms with E-state index in [0.717, 1.165) is 58.8 Å². The lowest BCUT2D eigenvalue weighted by atomic mass is 9.84. The van der Waals surface area contributed by atoms with Crippen LogP contribution in [-0.2, 0) is 21.4 Å². The standard InChI is InChI=1S/C24H41N5O2/c1-6-20-8-10-21(11-9-20)24(2,3)19-27-23(26-18-22(30)28(4)5)25-12-7-13-29-14-16-31-17-15-29/h8-11H,6-7,12-19H2,1-5H3,(H2,25,26,27). The van der Waals surface area contributed by atoms with Crippen LogP contribution in [0.2, 0.25) is 0 Å². The van der Waals surface area contributed by atoms with Crippen LogP contribution in [0.15, 0.2) is 29.3 Å². The molecule has 2 N–H and O–H groups in total. The Bertz CT molecular complexity index is 694. The molecule has 0 saturated carbocycles. The maximum Gasteiger partial charge on any atom is 0.243 e. The van der Waals surface area contributed by atoms with Gasteiger partial charge in [0.25, 0.3) is 0 Å². The molecule has 0 bridgehead atoms. The molecule has 1 aromatic carbocycles. The van der Waals surface area contributed by atoms with Crippen LogP contribution in [0, 0.1) is 0 Å². The fraction of sp³-hybridized carbons (Fsp3) is 0.667. The van der Waals surface area contributed by atoms with Crippen molar-refractivity contribution in [3.63, 3.8) is 0 Å². The Labute approximate surface area is 188 Å². The number of nitrogens with one attached hydrogen (secondary N) is 2. The Morgan fingerprint density at radius 3 is 2.45 bits per heavy atom. The van der Waals surface area contributed by atoms with E-state index >= 15 is 0 Å². The van der Waals surface area contributed by atoms with Crippen molar-refractivity contribution in [3.8, 4) is 0 Å². The highest BCUT2D eigenvalue weighted by molar-refractivity contribution is 5.84. The molecule has 2 rings (SSSR count). The third kappa shape index (κ3) is 8.87. The molecule has 7 nitrogen and oxygen atoms in total. The number of aliphatic imine (C=N–C) groups is 1. The Morgan fingerprint density at radius 2 is 1.84 bits per heavy atom. The Kier molecular flexibility index (Phi) is 10.3. The molecular weight excluding hydrogens is 390 g/mol. The van der Waals surface area contributed by atoms with E-state index in [9.17, 15) is 4.79 Å². The number of aryl methyl sites for hydroxylation is 1. The second kappa shape index (κ2) is 12.7. The molecule has 1 heterocycles. The van der Waals surface area contributed by atoms with E-state index in [2.05, 4.69) is 65.6 Å². The fourth-order valence-electron chi connectivity index (χ4n) is 3.40. The maximum absolute atomic E-state index is 12.0. The number of rotatable bonds is 10. The SMILES string of the molecule is CCc1ccc(C(C)(C)CNC(=NCC(=O)N(C)C)NCCCN2CCOCC2)cc1. The summed E-state index contributed by atoms with van der Waals surface area (Å²) >= 11 is 0. The average molecular weight is 432 g/mol. The van der Waals surface area contributed by atoms with Gasteiger partial charge in [-0.15, -0.1) is 0 Å². The first kappa shape index (κ1) is 25.1. The fourth-order valence-corrected chi connectivity index (χ4v) is 3.40. The maximum atomic E-state index is 12.0. The zero-order chi connectivity index (χ0) is 22.7. The van der Waals surface area contributed by atoms with Gasteiger partial charge in [-0.3, -0.25) is 9.69 Å². The Balaban J connectivity index is 1.91. The number of carbonyl (C=O) groups excluding carboxylic acids is 1. The van der Waals surface area contributed by atoms with Gasteiger partial charge in [0.1, 0.15) is 6.54 Å². The largest absolute Gasteiger partial charge is 0.379 e. The van der Waals surface area contributed by atoms with E-state index in [-0.39, 0.29) is 17.9 Å². The molecule has 1 fully saturated rings. The topological polar surface area (TPSA) is 69.2 Å². The lowest BCUT2D eigenvalue weighted by Gasteiger charge is -2.28. The van der Waals surface area contributed by atoms with Crippen molar-refractivity contribution in [2.75, 3.05) is 66.6 Å². The van der Waals surface area contributed by atoms with Gasteiger partial charge >= 0.3 is 0 Å². The van der Waals surface area contributed by atoms with Crippen LogP contribution in [0.1, 0.15) is 38.3 Å². The molecule has 31 heavy (non-hydrogen) atoms.